The second kappa shape index (κ2) is 3.47. The Labute approximate surface area is 94.5 Å². The average Bonchev–Trinajstić information content (AvgIpc) is 2.55. The summed E-state index contributed by atoms with van der Waals surface area (Å²) in [6, 6.07) is 3.88. The molecule has 2 aromatic rings. The molecule has 3 rings (SSSR count). The summed E-state index contributed by atoms with van der Waals surface area (Å²) in [6.07, 6.45) is 4.39. The van der Waals surface area contributed by atoms with Crippen LogP contribution in [0.25, 0.3) is 11.0 Å². The number of nitrogens with zero attached hydrogens (tertiary/aromatic N) is 3. The summed E-state index contributed by atoms with van der Waals surface area (Å²) in [7, 11) is 0. The molecule has 4 heteroatoms. The fourth-order valence-corrected chi connectivity index (χ4v) is 2.62. The average molecular weight is 216 g/mol. The first-order chi connectivity index (χ1) is 7.74. The summed E-state index contributed by atoms with van der Waals surface area (Å²) in [5, 5.41) is 5.34. The van der Waals surface area contributed by atoms with Crippen molar-refractivity contribution in [3.05, 3.63) is 18.3 Å². The fraction of sp³-hybridized carbons (Fsp3) is 0.500. The van der Waals surface area contributed by atoms with E-state index in [1.807, 2.05) is 16.8 Å². The molecule has 0 bridgehead atoms. The smallest absolute Gasteiger partial charge is 0.159 e. The molecule has 1 saturated carbocycles. The standard InChI is InChI=1S/C12H16N4/c1-8-5-9(6-8)7-16-12-10(11(13)15-16)3-2-4-14-12/h2-4,8-9H,5-7H2,1H3,(H2,13,15). The van der Waals surface area contributed by atoms with Gasteiger partial charge in [0.2, 0.25) is 0 Å². The molecule has 0 aromatic carbocycles. The second-order valence-electron chi connectivity index (χ2n) is 4.88. The number of anilines is 1. The second-order valence-corrected chi connectivity index (χ2v) is 4.88. The van der Waals surface area contributed by atoms with Gasteiger partial charge < -0.3 is 5.73 Å². The first-order valence-corrected chi connectivity index (χ1v) is 5.81. The van der Waals surface area contributed by atoms with E-state index in [9.17, 15) is 0 Å². The van der Waals surface area contributed by atoms with E-state index in [1.54, 1.807) is 6.20 Å². The van der Waals surface area contributed by atoms with Crippen molar-refractivity contribution in [1.82, 2.24) is 14.8 Å². The molecule has 1 aliphatic carbocycles. The van der Waals surface area contributed by atoms with E-state index in [0.717, 1.165) is 29.4 Å². The Balaban J connectivity index is 1.92. The van der Waals surface area contributed by atoms with Crippen molar-refractivity contribution in [2.45, 2.75) is 26.3 Å². The molecular formula is C12H16N4. The number of hydrogen-bond donors (Lipinski definition) is 1. The Morgan fingerprint density at radius 2 is 2.31 bits per heavy atom. The highest BCUT2D eigenvalue weighted by atomic mass is 15.3. The van der Waals surface area contributed by atoms with Crippen molar-refractivity contribution < 1.29 is 0 Å². The maximum atomic E-state index is 5.87. The zero-order valence-electron chi connectivity index (χ0n) is 9.43. The van der Waals surface area contributed by atoms with Crippen molar-refractivity contribution in [1.29, 1.82) is 0 Å². The number of nitrogens with two attached hydrogens (primary N) is 1. The minimum absolute atomic E-state index is 0.593. The van der Waals surface area contributed by atoms with Crippen LogP contribution in [0.5, 0.6) is 0 Å². The van der Waals surface area contributed by atoms with Crippen LogP contribution in [0.3, 0.4) is 0 Å². The fourth-order valence-electron chi connectivity index (χ4n) is 2.62. The monoisotopic (exact) mass is 216 g/mol. The Morgan fingerprint density at radius 3 is 3.06 bits per heavy atom. The molecule has 0 atom stereocenters. The van der Waals surface area contributed by atoms with Gasteiger partial charge in [0.25, 0.3) is 0 Å². The van der Waals surface area contributed by atoms with Gasteiger partial charge in [-0.1, -0.05) is 6.92 Å². The minimum atomic E-state index is 0.593. The van der Waals surface area contributed by atoms with Crippen LogP contribution in [0.1, 0.15) is 19.8 Å². The number of rotatable bonds is 2. The molecule has 0 spiro atoms. The van der Waals surface area contributed by atoms with Crippen LogP contribution in [-0.2, 0) is 6.54 Å². The van der Waals surface area contributed by atoms with E-state index < -0.39 is 0 Å². The normalized spacial score (nSPS) is 24.6. The summed E-state index contributed by atoms with van der Waals surface area (Å²) in [6.45, 7) is 3.25. The van der Waals surface area contributed by atoms with Gasteiger partial charge in [0.1, 0.15) is 0 Å². The first kappa shape index (κ1) is 9.63. The largest absolute Gasteiger partial charge is 0.382 e. The lowest BCUT2D eigenvalue weighted by molar-refractivity contribution is 0.184. The van der Waals surface area contributed by atoms with Gasteiger partial charge in [0, 0.05) is 12.7 Å². The molecule has 1 fully saturated rings. The van der Waals surface area contributed by atoms with Crippen LogP contribution in [0.2, 0.25) is 0 Å². The molecule has 2 N–H and O–H groups in total. The van der Waals surface area contributed by atoms with Crippen molar-refractivity contribution in [2.24, 2.45) is 11.8 Å². The quantitative estimate of drug-likeness (QED) is 0.836. The van der Waals surface area contributed by atoms with Gasteiger partial charge in [-0.25, -0.2) is 9.67 Å². The molecule has 84 valence electrons. The van der Waals surface area contributed by atoms with Gasteiger partial charge in [0.05, 0.1) is 5.39 Å². The summed E-state index contributed by atoms with van der Waals surface area (Å²) in [5.74, 6) is 2.21. The van der Waals surface area contributed by atoms with Crippen molar-refractivity contribution in [3.63, 3.8) is 0 Å². The summed E-state index contributed by atoms with van der Waals surface area (Å²) in [4.78, 5) is 4.35. The van der Waals surface area contributed by atoms with Gasteiger partial charge >= 0.3 is 0 Å². The van der Waals surface area contributed by atoms with Crippen LogP contribution >= 0.6 is 0 Å². The Morgan fingerprint density at radius 1 is 1.50 bits per heavy atom. The maximum absolute atomic E-state index is 5.87. The van der Waals surface area contributed by atoms with E-state index in [-0.39, 0.29) is 0 Å². The predicted octanol–water partition coefficient (Wildman–Crippen LogP) is 2.06. The predicted molar refractivity (Wildman–Crippen MR) is 63.8 cm³/mol. The van der Waals surface area contributed by atoms with Crippen molar-refractivity contribution in [3.8, 4) is 0 Å². The lowest BCUT2D eigenvalue weighted by Crippen LogP contribution is -2.26. The molecule has 0 radical (unpaired) electrons. The zero-order chi connectivity index (χ0) is 11.1. The Kier molecular flexibility index (Phi) is 2.09. The molecule has 2 aromatic heterocycles. The van der Waals surface area contributed by atoms with Gasteiger partial charge in [-0.3, -0.25) is 0 Å². The number of nitrogen functional groups attached to an aromatic ring is 1. The third-order valence-corrected chi connectivity index (χ3v) is 3.44. The molecular weight excluding hydrogens is 200 g/mol. The number of aromatic nitrogens is 3. The Bertz CT molecular complexity index is 511. The third-order valence-electron chi connectivity index (χ3n) is 3.44. The van der Waals surface area contributed by atoms with Gasteiger partial charge in [-0.05, 0) is 36.8 Å². The molecule has 4 nitrogen and oxygen atoms in total. The molecule has 0 unspecified atom stereocenters. The van der Waals surface area contributed by atoms with Crippen LogP contribution in [-0.4, -0.2) is 14.8 Å². The lowest BCUT2D eigenvalue weighted by Gasteiger charge is -2.32. The van der Waals surface area contributed by atoms with Crippen molar-refractivity contribution in [2.75, 3.05) is 5.73 Å². The van der Waals surface area contributed by atoms with E-state index in [0.29, 0.717) is 5.82 Å². The molecule has 2 heterocycles. The highest BCUT2D eigenvalue weighted by Crippen LogP contribution is 2.34. The molecule has 0 aliphatic heterocycles. The van der Waals surface area contributed by atoms with E-state index in [2.05, 4.69) is 17.0 Å². The SMILES string of the molecule is CC1CC(Cn2nc(N)c3cccnc32)C1. The van der Waals surface area contributed by atoms with Crippen LogP contribution in [0.15, 0.2) is 18.3 Å². The van der Waals surface area contributed by atoms with Gasteiger partial charge in [0.15, 0.2) is 11.5 Å². The topological polar surface area (TPSA) is 56.7 Å². The summed E-state index contributed by atoms with van der Waals surface area (Å²) >= 11 is 0. The number of pyridine rings is 1. The maximum Gasteiger partial charge on any atom is 0.159 e. The highest BCUT2D eigenvalue weighted by molar-refractivity contribution is 5.85. The minimum Gasteiger partial charge on any atom is -0.382 e. The zero-order valence-corrected chi connectivity index (χ0v) is 9.43. The highest BCUT2D eigenvalue weighted by Gasteiger charge is 2.26. The van der Waals surface area contributed by atoms with E-state index in [4.69, 9.17) is 5.73 Å². The van der Waals surface area contributed by atoms with Crippen LogP contribution < -0.4 is 5.73 Å². The number of fused-ring (bicyclic) bond motifs is 1. The summed E-state index contributed by atoms with van der Waals surface area (Å²) < 4.78 is 1.96. The first-order valence-electron chi connectivity index (χ1n) is 5.81. The van der Waals surface area contributed by atoms with Crippen molar-refractivity contribution >= 4 is 16.9 Å². The van der Waals surface area contributed by atoms with E-state index >= 15 is 0 Å². The molecule has 1 aliphatic rings. The van der Waals surface area contributed by atoms with Crippen LogP contribution in [0, 0.1) is 11.8 Å². The lowest BCUT2D eigenvalue weighted by atomic mass is 9.76. The Hall–Kier alpha value is -1.58. The van der Waals surface area contributed by atoms with Crippen LogP contribution in [0.4, 0.5) is 5.82 Å². The third kappa shape index (κ3) is 1.45. The van der Waals surface area contributed by atoms with Gasteiger partial charge in [-0.15, -0.1) is 0 Å². The molecule has 16 heavy (non-hydrogen) atoms. The molecule has 0 saturated heterocycles. The van der Waals surface area contributed by atoms with E-state index in [1.165, 1.54) is 12.8 Å². The summed E-state index contributed by atoms with van der Waals surface area (Å²) in [5.41, 5.74) is 6.78. The number of hydrogen-bond acceptors (Lipinski definition) is 3. The van der Waals surface area contributed by atoms with Gasteiger partial charge in [-0.2, -0.15) is 5.10 Å². The molecule has 0 amide bonds.